The maximum absolute atomic E-state index is 13.6. The van der Waals surface area contributed by atoms with Crippen LogP contribution in [0.1, 0.15) is 26.5 Å². The zero-order chi connectivity index (χ0) is 15.2. The minimum Gasteiger partial charge on any atom is -0.374 e. The molecule has 1 aromatic carbocycles. The highest BCUT2D eigenvalue weighted by Crippen LogP contribution is 2.34. The normalized spacial score (nSPS) is 12.0. The largest absolute Gasteiger partial charge is 0.374 e. The molecule has 0 saturated carbocycles. The van der Waals surface area contributed by atoms with Crippen molar-refractivity contribution in [1.82, 2.24) is 15.2 Å². The van der Waals surface area contributed by atoms with Crippen molar-refractivity contribution in [2.45, 2.75) is 26.2 Å². The zero-order valence-electron chi connectivity index (χ0n) is 12.0. The molecule has 0 aliphatic carbocycles. The van der Waals surface area contributed by atoms with Crippen molar-refractivity contribution in [3.63, 3.8) is 0 Å². The Labute approximate surface area is 125 Å². The van der Waals surface area contributed by atoms with Crippen molar-refractivity contribution in [3.05, 3.63) is 35.8 Å². The first kappa shape index (κ1) is 13.9. The van der Waals surface area contributed by atoms with Gasteiger partial charge in [-0.1, -0.05) is 32.1 Å². The monoisotopic (exact) mass is 302 g/mol. The van der Waals surface area contributed by atoms with E-state index in [2.05, 4.69) is 36.0 Å². The van der Waals surface area contributed by atoms with Crippen LogP contribution in [0.5, 0.6) is 0 Å². The summed E-state index contributed by atoms with van der Waals surface area (Å²) >= 11 is 1.29. The summed E-state index contributed by atoms with van der Waals surface area (Å²) in [5.74, 6) is -0.299. The van der Waals surface area contributed by atoms with Crippen molar-refractivity contribution < 1.29 is 4.39 Å². The van der Waals surface area contributed by atoms with E-state index < -0.39 is 0 Å². The number of hydrogen-bond donors (Lipinski definition) is 1. The topological polar surface area (TPSA) is 64.7 Å². The Morgan fingerprint density at radius 2 is 1.90 bits per heavy atom. The van der Waals surface area contributed by atoms with Gasteiger partial charge in [-0.05, 0) is 24.3 Å². The van der Waals surface area contributed by atoms with Gasteiger partial charge in [0, 0.05) is 22.1 Å². The van der Waals surface area contributed by atoms with Crippen LogP contribution in [0.2, 0.25) is 0 Å². The second-order valence-electron chi connectivity index (χ2n) is 5.91. The summed E-state index contributed by atoms with van der Waals surface area (Å²) in [7, 11) is 0. The summed E-state index contributed by atoms with van der Waals surface area (Å²) in [4.78, 5) is 4.64. The lowest BCUT2D eigenvalue weighted by Gasteiger charge is -2.19. The summed E-state index contributed by atoms with van der Waals surface area (Å²) in [6.07, 6.45) is 0. The number of halogens is 1. The van der Waals surface area contributed by atoms with Gasteiger partial charge in [-0.3, -0.25) is 4.98 Å². The first-order valence-electron chi connectivity index (χ1n) is 6.55. The smallest absolute Gasteiger partial charge is 0.203 e. The number of nitrogens with two attached hydrogens (primary N) is 1. The van der Waals surface area contributed by atoms with Gasteiger partial charge in [-0.2, -0.15) is 0 Å². The van der Waals surface area contributed by atoms with Crippen LogP contribution in [0.4, 0.5) is 9.52 Å². The van der Waals surface area contributed by atoms with Crippen LogP contribution in [-0.2, 0) is 5.41 Å². The van der Waals surface area contributed by atoms with Gasteiger partial charge in [0.25, 0.3) is 0 Å². The number of nitrogen functional groups attached to an aromatic ring is 1. The minimum atomic E-state index is -0.299. The van der Waals surface area contributed by atoms with Gasteiger partial charge in [0.2, 0.25) is 5.13 Å². The van der Waals surface area contributed by atoms with Crippen LogP contribution in [0, 0.1) is 5.82 Å². The molecule has 0 radical (unpaired) electrons. The lowest BCUT2D eigenvalue weighted by molar-refractivity contribution is 0.571. The Kier molecular flexibility index (Phi) is 3.13. The molecule has 0 bridgehead atoms. The average Bonchev–Trinajstić information content (AvgIpc) is 2.83. The Morgan fingerprint density at radius 3 is 2.52 bits per heavy atom. The number of pyridine rings is 1. The third kappa shape index (κ3) is 2.58. The standard InChI is InChI=1S/C15H15FN4S/c1-15(2,3)12-7-10(13-19-20-14(17)21-13)9-6-8(16)4-5-11(9)18-12/h4-7H,1-3H3,(H2,17,20). The molecule has 2 N–H and O–H groups in total. The summed E-state index contributed by atoms with van der Waals surface area (Å²) in [5.41, 5.74) is 8.03. The van der Waals surface area contributed by atoms with E-state index in [9.17, 15) is 4.39 Å². The highest BCUT2D eigenvalue weighted by molar-refractivity contribution is 7.18. The fourth-order valence-corrected chi connectivity index (χ4v) is 2.74. The molecule has 108 valence electrons. The van der Waals surface area contributed by atoms with Crippen LogP contribution in [0.25, 0.3) is 21.5 Å². The molecule has 0 saturated heterocycles. The molecule has 0 amide bonds. The van der Waals surface area contributed by atoms with E-state index in [1.54, 1.807) is 6.07 Å². The SMILES string of the molecule is CC(C)(C)c1cc(-c2nnc(N)s2)c2cc(F)ccc2n1. The third-order valence-corrected chi connectivity index (χ3v) is 4.00. The quantitative estimate of drug-likeness (QED) is 0.743. The highest BCUT2D eigenvalue weighted by atomic mass is 32.1. The van der Waals surface area contributed by atoms with E-state index in [0.29, 0.717) is 10.1 Å². The van der Waals surface area contributed by atoms with Crippen molar-refractivity contribution >= 4 is 27.4 Å². The first-order chi connectivity index (χ1) is 9.84. The second kappa shape index (κ2) is 4.73. The molecular weight excluding hydrogens is 287 g/mol. The Morgan fingerprint density at radius 1 is 1.14 bits per heavy atom. The predicted molar refractivity (Wildman–Crippen MR) is 83.7 cm³/mol. The molecule has 3 rings (SSSR count). The van der Waals surface area contributed by atoms with E-state index in [1.807, 2.05) is 6.07 Å². The predicted octanol–water partition coefficient (Wildman–Crippen LogP) is 3.77. The van der Waals surface area contributed by atoms with Gasteiger partial charge in [-0.15, -0.1) is 10.2 Å². The van der Waals surface area contributed by atoms with Gasteiger partial charge in [0.05, 0.1) is 5.52 Å². The van der Waals surface area contributed by atoms with E-state index >= 15 is 0 Å². The number of benzene rings is 1. The lowest BCUT2D eigenvalue weighted by atomic mass is 9.90. The zero-order valence-corrected chi connectivity index (χ0v) is 12.8. The summed E-state index contributed by atoms with van der Waals surface area (Å²) < 4.78 is 13.6. The molecule has 0 aliphatic heterocycles. The van der Waals surface area contributed by atoms with Crippen molar-refractivity contribution in [2.75, 3.05) is 5.73 Å². The molecule has 4 nitrogen and oxygen atoms in total. The van der Waals surface area contributed by atoms with Crippen molar-refractivity contribution in [3.8, 4) is 10.6 Å². The molecule has 21 heavy (non-hydrogen) atoms. The van der Waals surface area contributed by atoms with Crippen LogP contribution in [0.3, 0.4) is 0 Å². The van der Waals surface area contributed by atoms with Gasteiger partial charge in [0.1, 0.15) is 10.8 Å². The Balaban J connectivity index is 2.36. The maximum Gasteiger partial charge on any atom is 0.203 e. The molecule has 3 aromatic rings. The molecule has 2 heterocycles. The molecular formula is C15H15FN4S. The van der Waals surface area contributed by atoms with Gasteiger partial charge < -0.3 is 5.73 Å². The fourth-order valence-electron chi connectivity index (χ4n) is 2.10. The van der Waals surface area contributed by atoms with Crippen LogP contribution in [-0.4, -0.2) is 15.2 Å². The first-order valence-corrected chi connectivity index (χ1v) is 7.36. The average molecular weight is 302 g/mol. The van der Waals surface area contributed by atoms with E-state index in [-0.39, 0.29) is 11.2 Å². The Hall–Kier alpha value is -2.08. The number of rotatable bonds is 1. The number of fused-ring (bicyclic) bond motifs is 1. The van der Waals surface area contributed by atoms with Crippen LogP contribution in [0.15, 0.2) is 24.3 Å². The summed E-state index contributed by atoms with van der Waals surface area (Å²) in [6.45, 7) is 6.26. The van der Waals surface area contributed by atoms with E-state index in [1.165, 1.54) is 23.5 Å². The molecule has 0 unspecified atom stereocenters. The molecule has 0 fully saturated rings. The molecule has 2 aromatic heterocycles. The van der Waals surface area contributed by atoms with Gasteiger partial charge >= 0.3 is 0 Å². The summed E-state index contributed by atoms with van der Waals surface area (Å²) in [5, 5.41) is 9.72. The third-order valence-electron chi connectivity index (χ3n) is 3.21. The van der Waals surface area contributed by atoms with E-state index in [4.69, 9.17) is 5.73 Å². The van der Waals surface area contributed by atoms with E-state index in [0.717, 1.165) is 22.2 Å². The van der Waals surface area contributed by atoms with Crippen molar-refractivity contribution in [1.29, 1.82) is 0 Å². The molecule has 0 spiro atoms. The highest BCUT2D eigenvalue weighted by Gasteiger charge is 2.20. The molecule has 6 heteroatoms. The minimum absolute atomic E-state index is 0.118. The fraction of sp³-hybridized carbons (Fsp3) is 0.267. The molecule has 0 aliphatic rings. The van der Waals surface area contributed by atoms with Crippen LogP contribution < -0.4 is 5.73 Å². The maximum atomic E-state index is 13.6. The van der Waals surface area contributed by atoms with Crippen molar-refractivity contribution in [2.24, 2.45) is 0 Å². The number of aromatic nitrogens is 3. The number of anilines is 1. The van der Waals surface area contributed by atoms with Gasteiger partial charge in [0.15, 0.2) is 0 Å². The van der Waals surface area contributed by atoms with Crippen LogP contribution >= 0.6 is 11.3 Å². The summed E-state index contributed by atoms with van der Waals surface area (Å²) in [6, 6.07) is 6.53. The number of nitrogens with zero attached hydrogens (tertiary/aromatic N) is 3. The second-order valence-corrected chi connectivity index (χ2v) is 6.92. The molecule has 0 atom stereocenters. The Bertz CT molecular complexity index is 820. The number of hydrogen-bond acceptors (Lipinski definition) is 5. The van der Waals surface area contributed by atoms with Gasteiger partial charge in [-0.25, -0.2) is 4.39 Å². The lowest BCUT2D eigenvalue weighted by Crippen LogP contribution is -2.13.